The SMILES string of the molecule is CCOC(=O)c1ncn(CCc2ncno2)c1N. The van der Waals surface area contributed by atoms with Crippen molar-refractivity contribution in [2.75, 3.05) is 12.3 Å². The van der Waals surface area contributed by atoms with Gasteiger partial charge in [0, 0.05) is 13.0 Å². The Hall–Kier alpha value is -2.38. The van der Waals surface area contributed by atoms with Gasteiger partial charge in [0.2, 0.25) is 5.89 Å². The van der Waals surface area contributed by atoms with Gasteiger partial charge in [0.1, 0.15) is 5.82 Å². The summed E-state index contributed by atoms with van der Waals surface area (Å²) >= 11 is 0. The van der Waals surface area contributed by atoms with E-state index in [1.165, 1.54) is 12.7 Å². The van der Waals surface area contributed by atoms with Crippen LogP contribution in [0.5, 0.6) is 0 Å². The number of anilines is 1. The first-order chi connectivity index (χ1) is 8.72. The number of nitrogen functional groups attached to an aromatic ring is 1. The van der Waals surface area contributed by atoms with Crippen LogP contribution in [-0.4, -0.2) is 32.3 Å². The van der Waals surface area contributed by atoms with E-state index in [4.69, 9.17) is 15.0 Å². The Kier molecular flexibility index (Phi) is 3.56. The topological polar surface area (TPSA) is 109 Å². The predicted molar refractivity (Wildman–Crippen MR) is 60.6 cm³/mol. The maximum absolute atomic E-state index is 11.5. The number of hydrogen-bond acceptors (Lipinski definition) is 7. The van der Waals surface area contributed by atoms with Crippen molar-refractivity contribution in [2.24, 2.45) is 0 Å². The molecule has 0 aliphatic heterocycles. The molecule has 8 heteroatoms. The van der Waals surface area contributed by atoms with E-state index in [9.17, 15) is 4.79 Å². The van der Waals surface area contributed by atoms with Gasteiger partial charge >= 0.3 is 5.97 Å². The van der Waals surface area contributed by atoms with Gasteiger partial charge in [-0.15, -0.1) is 0 Å². The zero-order chi connectivity index (χ0) is 13.0. The second-order valence-electron chi connectivity index (χ2n) is 3.48. The lowest BCUT2D eigenvalue weighted by Crippen LogP contribution is -2.10. The lowest BCUT2D eigenvalue weighted by atomic mass is 10.4. The molecule has 0 aliphatic carbocycles. The highest BCUT2D eigenvalue weighted by atomic mass is 16.5. The molecular formula is C10H13N5O3. The number of esters is 1. The summed E-state index contributed by atoms with van der Waals surface area (Å²) < 4.78 is 11.3. The minimum Gasteiger partial charge on any atom is -0.461 e. The molecule has 0 aromatic carbocycles. The first-order valence-corrected chi connectivity index (χ1v) is 5.45. The number of nitrogens with zero attached hydrogens (tertiary/aromatic N) is 4. The Balaban J connectivity index is 2.04. The average molecular weight is 251 g/mol. The number of rotatable bonds is 5. The highest BCUT2D eigenvalue weighted by Crippen LogP contribution is 2.12. The molecule has 2 heterocycles. The normalized spacial score (nSPS) is 10.5. The van der Waals surface area contributed by atoms with Crippen molar-refractivity contribution >= 4 is 11.8 Å². The van der Waals surface area contributed by atoms with Crippen molar-refractivity contribution in [3.05, 3.63) is 24.2 Å². The molecule has 2 aromatic heterocycles. The van der Waals surface area contributed by atoms with E-state index >= 15 is 0 Å². The van der Waals surface area contributed by atoms with E-state index in [-0.39, 0.29) is 18.1 Å². The summed E-state index contributed by atoms with van der Waals surface area (Å²) in [4.78, 5) is 19.3. The Morgan fingerprint density at radius 1 is 1.56 bits per heavy atom. The molecule has 0 fully saturated rings. The zero-order valence-electron chi connectivity index (χ0n) is 9.87. The number of aromatic nitrogens is 4. The standard InChI is InChI=1S/C10H13N5O3/c1-2-17-10(16)8-9(11)15(6-13-8)4-3-7-12-5-14-18-7/h5-6H,2-4,11H2,1H3. The van der Waals surface area contributed by atoms with Crippen molar-refractivity contribution in [1.82, 2.24) is 19.7 Å². The minimum atomic E-state index is -0.522. The Morgan fingerprint density at radius 2 is 2.39 bits per heavy atom. The van der Waals surface area contributed by atoms with Crippen LogP contribution in [0.1, 0.15) is 23.3 Å². The smallest absolute Gasteiger partial charge is 0.360 e. The van der Waals surface area contributed by atoms with Gasteiger partial charge in [0.05, 0.1) is 12.9 Å². The summed E-state index contributed by atoms with van der Waals surface area (Å²) in [6, 6.07) is 0. The lowest BCUT2D eigenvalue weighted by molar-refractivity contribution is 0.0521. The molecular weight excluding hydrogens is 238 g/mol. The number of aryl methyl sites for hydroxylation is 2. The van der Waals surface area contributed by atoms with Crippen LogP contribution in [0.2, 0.25) is 0 Å². The number of nitrogens with two attached hydrogens (primary N) is 1. The van der Waals surface area contributed by atoms with E-state index in [0.29, 0.717) is 18.9 Å². The fourth-order valence-corrected chi connectivity index (χ4v) is 1.45. The molecule has 0 saturated heterocycles. The quantitative estimate of drug-likeness (QED) is 0.759. The van der Waals surface area contributed by atoms with Crippen LogP contribution in [-0.2, 0) is 17.7 Å². The highest BCUT2D eigenvalue weighted by Gasteiger charge is 2.16. The molecule has 8 nitrogen and oxygen atoms in total. The van der Waals surface area contributed by atoms with Gasteiger partial charge in [-0.2, -0.15) is 4.98 Å². The molecule has 96 valence electrons. The van der Waals surface area contributed by atoms with Crippen LogP contribution in [0, 0.1) is 0 Å². The third-order valence-electron chi connectivity index (χ3n) is 2.32. The molecule has 0 bridgehead atoms. The molecule has 0 unspecified atom stereocenters. The molecule has 0 amide bonds. The summed E-state index contributed by atoms with van der Waals surface area (Å²) in [7, 11) is 0. The van der Waals surface area contributed by atoms with Gasteiger partial charge in [0.25, 0.3) is 0 Å². The molecule has 18 heavy (non-hydrogen) atoms. The molecule has 0 atom stereocenters. The van der Waals surface area contributed by atoms with Gasteiger partial charge in [-0.3, -0.25) is 0 Å². The number of hydrogen-bond donors (Lipinski definition) is 1. The number of carbonyl (C=O) groups excluding carboxylic acids is 1. The fourth-order valence-electron chi connectivity index (χ4n) is 1.45. The molecule has 2 aromatic rings. The van der Waals surface area contributed by atoms with Gasteiger partial charge < -0.3 is 19.6 Å². The van der Waals surface area contributed by atoms with Crippen molar-refractivity contribution in [1.29, 1.82) is 0 Å². The Morgan fingerprint density at radius 3 is 3.06 bits per heavy atom. The van der Waals surface area contributed by atoms with E-state index < -0.39 is 5.97 Å². The third kappa shape index (κ3) is 2.47. The van der Waals surface area contributed by atoms with E-state index in [0.717, 1.165) is 0 Å². The monoisotopic (exact) mass is 251 g/mol. The Bertz CT molecular complexity index is 520. The number of carbonyl (C=O) groups is 1. The van der Waals surface area contributed by atoms with Gasteiger partial charge in [-0.1, -0.05) is 5.16 Å². The maximum Gasteiger partial charge on any atom is 0.360 e. The van der Waals surface area contributed by atoms with Crippen molar-refractivity contribution in [3.63, 3.8) is 0 Å². The Labute approximate surface area is 103 Å². The predicted octanol–water partition coefficient (Wildman–Crippen LogP) is 0.268. The van der Waals surface area contributed by atoms with Crippen molar-refractivity contribution in [2.45, 2.75) is 19.9 Å². The molecule has 2 N–H and O–H groups in total. The summed E-state index contributed by atoms with van der Waals surface area (Å²) in [6.45, 7) is 2.51. The second kappa shape index (κ2) is 5.30. The first kappa shape index (κ1) is 12.1. The first-order valence-electron chi connectivity index (χ1n) is 5.45. The second-order valence-corrected chi connectivity index (χ2v) is 3.48. The maximum atomic E-state index is 11.5. The lowest BCUT2D eigenvalue weighted by Gasteiger charge is -2.03. The van der Waals surface area contributed by atoms with Crippen LogP contribution in [0.25, 0.3) is 0 Å². The van der Waals surface area contributed by atoms with Crippen molar-refractivity contribution < 1.29 is 14.1 Å². The van der Waals surface area contributed by atoms with Gasteiger partial charge in [0.15, 0.2) is 12.0 Å². The van der Waals surface area contributed by atoms with Crippen LogP contribution in [0.3, 0.4) is 0 Å². The van der Waals surface area contributed by atoms with Crippen LogP contribution in [0.4, 0.5) is 5.82 Å². The number of imidazole rings is 1. The number of ether oxygens (including phenoxy) is 1. The molecule has 2 rings (SSSR count). The zero-order valence-corrected chi connectivity index (χ0v) is 9.87. The van der Waals surface area contributed by atoms with Gasteiger partial charge in [-0.25, -0.2) is 9.78 Å². The van der Waals surface area contributed by atoms with Crippen LogP contribution >= 0.6 is 0 Å². The van der Waals surface area contributed by atoms with E-state index in [2.05, 4.69) is 15.1 Å². The third-order valence-corrected chi connectivity index (χ3v) is 2.32. The molecule has 0 spiro atoms. The summed E-state index contributed by atoms with van der Waals surface area (Å²) in [5.74, 6) is 0.250. The average Bonchev–Trinajstić information content (AvgIpc) is 2.96. The van der Waals surface area contributed by atoms with Gasteiger partial charge in [-0.05, 0) is 6.92 Å². The highest BCUT2D eigenvalue weighted by molar-refractivity contribution is 5.92. The minimum absolute atomic E-state index is 0.127. The molecule has 0 aliphatic rings. The summed E-state index contributed by atoms with van der Waals surface area (Å²) in [5.41, 5.74) is 5.93. The van der Waals surface area contributed by atoms with Crippen LogP contribution < -0.4 is 5.73 Å². The molecule has 0 saturated carbocycles. The summed E-state index contributed by atoms with van der Waals surface area (Å²) in [6.07, 6.45) is 3.33. The van der Waals surface area contributed by atoms with Crippen molar-refractivity contribution in [3.8, 4) is 0 Å². The molecule has 0 radical (unpaired) electrons. The van der Waals surface area contributed by atoms with Crippen LogP contribution in [0.15, 0.2) is 17.2 Å². The van der Waals surface area contributed by atoms with E-state index in [1.54, 1.807) is 11.5 Å². The largest absolute Gasteiger partial charge is 0.461 e. The van der Waals surface area contributed by atoms with E-state index in [1.807, 2.05) is 0 Å². The fraction of sp³-hybridized carbons (Fsp3) is 0.400. The summed E-state index contributed by atoms with van der Waals surface area (Å²) in [5, 5.41) is 3.50.